The van der Waals surface area contributed by atoms with Crippen molar-refractivity contribution in [2.75, 3.05) is 0 Å². The number of aromatic amines is 1. The molecule has 1 heterocycles. The molecule has 0 aliphatic rings. The Kier molecular flexibility index (Phi) is 3.55. The second-order valence-electron chi connectivity index (χ2n) is 5.40. The van der Waals surface area contributed by atoms with E-state index in [1.807, 2.05) is 18.2 Å². The molecule has 0 aliphatic carbocycles. The molecular weight excluding hydrogens is 280 g/mol. The third kappa shape index (κ3) is 2.79. The zero-order valence-electron chi connectivity index (χ0n) is 12.3. The molecule has 0 spiro atoms. The number of aromatic carboxylic acids is 1. The Morgan fingerprint density at radius 1 is 1.18 bits per heavy atom. The van der Waals surface area contributed by atoms with Gasteiger partial charge in [0.15, 0.2) is 0 Å². The molecule has 0 atom stereocenters. The molecule has 22 heavy (non-hydrogen) atoms. The fourth-order valence-electron chi connectivity index (χ4n) is 2.23. The van der Waals surface area contributed by atoms with Crippen LogP contribution in [0.1, 0.15) is 35.9 Å². The Morgan fingerprint density at radius 2 is 1.95 bits per heavy atom. The van der Waals surface area contributed by atoms with Crippen LogP contribution in [-0.2, 0) is 0 Å². The van der Waals surface area contributed by atoms with Gasteiger partial charge in [0.05, 0.1) is 11.0 Å². The van der Waals surface area contributed by atoms with E-state index in [1.54, 1.807) is 18.2 Å². The summed E-state index contributed by atoms with van der Waals surface area (Å²) in [6.45, 7) is 4.26. The van der Waals surface area contributed by atoms with Crippen molar-refractivity contribution in [1.82, 2.24) is 9.97 Å². The van der Waals surface area contributed by atoms with Gasteiger partial charge in [0.2, 0.25) is 5.82 Å². The van der Waals surface area contributed by atoms with Crippen LogP contribution in [0.5, 0.6) is 11.5 Å². The number of aromatic nitrogens is 2. The highest BCUT2D eigenvalue weighted by atomic mass is 16.5. The van der Waals surface area contributed by atoms with Crippen molar-refractivity contribution in [3.8, 4) is 11.5 Å². The zero-order valence-corrected chi connectivity index (χ0v) is 12.3. The van der Waals surface area contributed by atoms with E-state index in [4.69, 9.17) is 9.84 Å². The molecule has 0 amide bonds. The molecule has 5 heteroatoms. The van der Waals surface area contributed by atoms with Crippen molar-refractivity contribution in [3.05, 3.63) is 53.9 Å². The van der Waals surface area contributed by atoms with Gasteiger partial charge in [-0.2, -0.15) is 0 Å². The highest BCUT2D eigenvalue weighted by Crippen LogP contribution is 2.27. The van der Waals surface area contributed by atoms with E-state index >= 15 is 0 Å². The Morgan fingerprint density at radius 3 is 2.68 bits per heavy atom. The number of imidazole rings is 1. The first-order valence-electron chi connectivity index (χ1n) is 7.04. The lowest BCUT2D eigenvalue weighted by molar-refractivity contribution is 0.0685. The zero-order chi connectivity index (χ0) is 15.7. The van der Waals surface area contributed by atoms with Crippen LogP contribution >= 0.6 is 0 Å². The average Bonchev–Trinajstić information content (AvgIpc) is 2.91. The van der Waals surface area contributed by atoms with Gasteiger partial charge in [-0.15, -0.1) is 0 Å². The van der Waals surface area contributed by atoms with Crippen LogP contribution in [0.4, 0.5) is 0 Å². The Balaban J connectivity index is 1.90. The third-order valence-corrected chi connectivity index (χ3v) is 3.42. The molecule has 5 nitrogen and oxygen atoms in total. The summed E-state index contributed by atoms with van der Waals surface area (Å²) in [5.74, 6) is 0.659. The summed E-state index contributed by atoms with van der Waals surface area (Å²) in [6.07, 6.45) is 0. The number of nitrogens with zero attached hydrogens (tertiary/aromatic N) is 1. The number of hydrogen-bond donors (Lipinski definition) is 2. The summed E-state index contributed by atoms with van der Waals surface area (Å²) >= 11 is 0. The van der Waals surface area contributed by atoms with Gasteiger partial charge in [-0.3, -0.25) is 0 Å². The molecule has 0 saturated carbocycles. The molecule has 0 saturated heterocycles. The number of H-pyrrole nitrogens is 1. The number of carbonyl (C=O) groups is 1. The van der Waals surface area contributed by atoms with Crippen molar-refractivity contribution in [3.63, 3.8) is 0 Å². The number of benzene rings is 2. The van der Waals surface area contributed by atoms with E-state index in [-0.39, 0.29) is 5.82 Å². The van der Waals surface area contributed by atoms with Crippen molar-refractivity contribution in [1.29, 1.82) is 0 Å². The van der Waals surface area contributed by atoms with E-state index in [1.165, 1.54) is 5.56 Å². The third-order valence-electron chi connectivity index (χ3n) is 3.42. The van der Waals surface area contributed by atoms with Crippen LogP contribution in [0.3, 0.4) is 0 Å². The van der Waals surface area contributed by atoms with Crippen LogP contribution in [0, 0.1) is 0 Å². The molecule has 1 aromatic heterocycles. The second kappa shape index (κ2) is 5.52. The molecule has 0 bridgehead atoms. The quantitative estimate of drug-likeness (QED) is 0.757. The monoisotopic (exact) mass is 296 g/mol. The number of fused-ring (bicyclic) bond motifs is 1. The molecular formula is C17H16N2O3. The fourth-order valence-corrected chi connectivity index (χ4v) is 2.23. The maximum atomic E-state index is 10.9. The highest BCUT2D eigenvalue weighted by Gasteiger charge is 2.10. The normalized spacial score (nSPS) is 11.0. The number of ether oxygens (including phenoxy) is 1. The molecule has 0 fully saturated rings. The lowest BCUT2D eigenvalue weighted by Gasteiger charge is -2.09. The Hall–Kier alpha value is -2.82. The molecule has 2 N–H and O–H groups in total. The summed E-state index contributed by atoms with van der Waals surface area (Å²) < 4.78 is 5.85. The van der Waals surface area contributed by atoms with E-state index in [0.29, 0.717) is 22.7 Å². The van der Waals surface area contributed by atoms with Crippen LogP contribution < -0.4 is 4.74 Å². The summed E-state index contributed by atoms with van der Waals surface area (Å²) in [6, 6.07) is 13.2. The van der Waals surface area contributed by atoms with Gasteiger partial charge < -0.3 is 14.8 Å². The van der Waals surface area contributed by atoms with Crippen molar-refractivity contribution >= 4 is 17.0 Å². The van der Waals surface area contributed by atoms with Gasteiger partial charge in [-0.1, -0.05) is 26.0 Å². The minimum atomic E-state index is -1.08. The summed E-state index contributed by atoms with van der Waals surface area (Å²) in [7, 11) is 0. The lowest BCUT2D eigenvalue weighted by Crippen LogP contribution is -1.97. The Labute approximate surface area is 127 Å². The molecule has 0 unspecified atom stereocenters. The summed E-state index contributed by atoms with van der Waals surface area (Å²) in [5, 5.41) is 8.95. The van der Waals surface area contributed by atoms with Crippen LogP contribution in [0.25, 0.3) is 11.0 Å². The topological polar surface area (TPSA) is 75.2 Å². The van der Waals surface area contributed by atoms with E-state index in [2.05, 4.69) is 29.9 Å². The fraction of sp³-hybridized carbons (Fsp3) is 0.176. The molecule has 2 aromatic carbocycles. The van der Waals surface area contributed by atoms with Gasteiger partial charge in [0.25, 0.3) is 0 Å². The maximum Gasteiger partial charge on any atom is 0.371 e. The minimum absolute atomic E-state index is 0.0750. The maximum absolute atomic E-state index is 10.9. The second-order valence-corrected chi connectivity index (χ2v) is 5.40. The molecule has 0 aliphatic heterocycles. The summed E-state index contributed by atoms with van der Waals surface area (Å²) in [4.78, 5) is 17.7. The van der Waals surface area contributed by atoms with Crippen LogP contribution in [0.2, 0.25) is 0 Å². The number of hydrogen-bond acceptors (Lipinski definition) is 3. The lowest BCUT2D eigenvalue weighted by atomic mass is 10.0. The van der Waals surface area contributed by atoms with Gasteiger partial charge >= 0.3 is 5.97 Å². The van der Waals surface area contributed by atoms with Crippen LogP contribution in [0.15, 0.2) is 42.5 Å². The average molecular weight is 296 g/mol. The van der Waals surface area contributed by atoms with Crippen molar-refractivity contribution < 1.29 is 14.6 Å². The van der Waals surface area contributed by atoms with E-state index in [0.717, 1.165) is 5.75 Å². The minimum Gasteiger partial charge on any atom is -0.475 e. The number of carboxylic acid groups (broad SMARTS) is 1. The first kappa shape index (κ1) is 14.1. The SMILES string of the molecule is CC(C)c1cccc(Oc2ccc3nc(C(=O)O)[nH]c3c2)c1. The first-order valence-corrected chi connectivity index (χ1v) is 7.04. The van der Waals surface area contributed by atoms with Crippen molar-refractivity contribution in [2.45, 2.75) is 19.8 Å². The van der Waals surface area contributed by atoms with Gasteiger partial charge in [-0.25, -0.2) is 9.78 Å². The van der Waals surface area contributed by atoms with Gasteiger partial charge in [-0.05, 0) is 35.7 Å². The van der Waals surface area contributed by atoms with E-state index < -0.39 is 5.97 Å². The van der Waals surface area contributed by atoms with Gasteiger partial charge in [0, 0.05) is 6.07 Å². The molecule has 3 rings (SSSR count). The smallest absolute Gasteiger partial charge is 0.371 e. The molecule has 0 radical (unpaired) electrons. The largest absolute Gasteiger partial charge is 0.475 e. The molecule has 3 aromatic rings. The standard InChI is InChI=1S/C17H16N2O3/c1-10(2)11-4-3-5-12(8-11)22-13-6-7-14-15(9-13)19-16(18-14)17(20)21/h3-10H,1-2H3,(H,18,19)(H,20,21). The Bertz CT molecular complexity index is 837. The predicted molar refractivity (Wildman–Crippen MR) is 83.7 cm³/mol. The number of carboxylic acids is 1. The number of nitrogens with one attached hydrogen (secondary N) is 1. The van der Waals surface area contributed by atoms with E-state index in [9.17, 15) is 4.79 Å². The number of rotatable bonds is 4. The van der Waals surface area contributed by atoms with Crippen molar-refractivity contribution in [2.24, 2.45) is 0 Å². The summed E-state index contributed by atoms with van der Waals surface area (Å²) in [5.41, 5.74) is 2.43. The van der Waals surface area contributed by atoms with Gasteiger partial charge in [0.1, 0.15) is 11.5 Å². The van der Waals surface area contributed by atoms with Crippen LogP contribution in [-0.4, -0.2) is 21.0 Å². The predicted octanol–water partition coefficient (Wildman–Crippen LogP) is 4.18. The first-order chi connectivity index (χ1) is 10.5. The highest BCUT2D eigenvalue weighted by molar-refractivity contribution is 5.89. The molecule has 112 valence electrons.